The Hall–Kier alpha value is -2.04. The molecule has 1 amide bonds. The summed E-state index contributed by atoms with van der Waals surface area (Å²) >= 11 is 0. The summed E-state index contributed by atoms with van der Waals surface area (Å²) in [6.07, 6.45) is 0.353. The highest BCUT2D eigenvalue weighted by atomic mass is 16.6. The number of ether oxygens (including phenoxy) is 1. The molecule has 1 aromatic rings. The van der Waals surface area contributed by atoms with Gasteiger partial charge in [0.25, 0.3) is 0 Å². The van der Waals surface area contributed by atoms with E-state index in [1.54, 1.807) is 4.90 Å². The second kappa shape index (κ2) is 5.76. The van der Waals surface area contributed by atoms with Crippen LogP contribution in [-0.2, 0) is 28.9 Å². The monoisotopic (exact) mass is 291 g/mol. The van der Waals surface area contributed by atoms with Gasteiger partial charge in [-0.1, -0.05) is 18.2 Å². The van der Waals surface area contributed by atoms with Gasteiger partial charge >= 0.3 is 12.1 Å². The first-order valence-corrected chi connectivity index (χ1v) is 7.05. The Morgan fingerprint density at radius 1 is 1.33 bits per heavy atom. The van der Waals surface area contributed by atoms with Gasteiger partial charge in [-0.3, -0.25) is 4.79 Å². The molecule has 0 bridgehead atoms. The lowest BCUT2D eigenvalue weighted by molar-refractivity contribution is -0.136. The quantitative estimate of drug-likeness (QED) is 0.909. The van der Waals surface area contributed by atoms with E-state index in [-0.39, 0.29) is 12.5 Å². The molecule has 0 spiro atoms. The van der Waals surface area contributed by atoms with Crippen LogP contribution in [0, 0.1) is 0 Å². The number of nitrogens with zero attached hydrogens (tertiary/aromatic N) is 1. The van der Waals surface area contributed by atoms with Gasteiger partial charge in [0, 0.05) is 13.1 Å². The highest BCUT2D eigenvalue weighted by Gasteiger charge is 2.27. The van der Waals surface area contributed by atoms with Crippen LogP contribution < -0.4 is 0 Å². The van der Waals surface area contributed by atoms with Gasteiger partial charge in [0.05, 0.1) is 6.42 Å². The van der Waals surface area contributed by atoms with Crippen molar-refractivity contribution in [2.45, 2.75) is 45.8 Å². The Morgan fingerprint density at radius 3 is 2.67 bits per heavy atom. The van der Waals surface area contributed by atoms with E-state index < -0.39 is 11.6 Å². The van der Waals surface area contributed by atoms with Crippen LogP contribution >= 0.6 is 0 Å². The summed E-state index contributed by atoms with van der Waals surface area (Å²) in [6, 6.07) is 5.68. The summed E-state index contributed by atoms with van der Waals surface area (Å²) in [6.45, 7) is 6.50. The van der Waals surface area contributed by atoms with Crippen molar-refractivity contribution in [3.8, 4) is 0 Å². The molecule has 5 nitrogen and oxygen atoms in total. The van der Waals surface area contributed by atoms with E-state index in [1.807, 2.05) is 39.0 Å². The van der Waals surface area contributed by atoms with Gasteiger partial charge < -0.3 is 14.7 Å². The molecule has 1 heterocycles. The number of benzene rings is 1. The first-order chi connectivity index (χ1) is 9.76. The van der Waals surface area contributed by atoms with Crippen molar-refractivity contribution >= 4 is 12.1 Å². The zero-order chi connectivity index (χ0) is 15.6. The third-order valence-electron chi connectivity index (χ3n) is 3.36. The van der Waals surface area contributed by atoms with E-state index in [9.17, 15) is 9.59 Å². The number of amides is 1. The SMILES string of the molecule is CC(C)(C)OC(=O)N1CCc2cccc(CC(=O)O)c2C1. The number of carbonyl (C=O) groups is 2. The van der Waals surface area contributed by atoms with E-state index in [0.29, 0.717) is 13.1 Å². The first kappa shape index (κ1) is 15.4. The maximum Gasteiger partial charge on any atom is 0.410 e. The second-order valence-corrected chi connectivity index (χ2v) is 6.28. The van der Waals surface area contributed by atoms with Crippen molar-refractivity contribution < 1.29 is 19.4 Å². The summed E-state index contributed by atoms with van der Waals surface area (Å²) in [4.78, 5) is 24.7. The molecule has 0 atom stereocenters. The third kappa shape index (κ3) is 3.97. The molecule has 0 aromatic heterocycles. The smallest absolute Gasteiger partial charge is 0.410 e. The highest BCUT2D eigenvalue weighted by molar-refractivity contribution is 5.72. The lowest BCUT2D eigenvalue weighted by Crippen LogP contribution is -2.40. The predicted octanol–water partition coefficient (Wildman–Crippen LogP) is 2.61. The van der Waals surface area contributed by atoms with Crippen LogP contribution in [0.15, 0.2) is 18.2 Å². The van der Waals surface area contributed by atoms with E-state index in [0.717, 1.165) is 23.1 Å². The zero-order valence-corrected chi connectivity index (χ0v) is 12.7. The molecule has 1 N–H and O–H groups in total. The van der Waals surface area contributed by atoms with Crippen LogP contribution in [0.25, 0.3) is 0 Å². The predicted molar refractivity (Wildman–Crippen MR) is 78.1 cm³/mol. The average Bonchev–Trinajstić information content (AvgIpc) is 2.36. The van der Waals surface area contributed by atoms with Crippen LogP contribution in [0.1, 0.15) is 37.5 Å². The molecule has 0 saturated carbocycles. The van der Waals surface area contributed by atoms with Crippen LogP contribution in [0.3, 0.4) is 0 Å². The molecular weight excluding hydrogens is 270 g/mol. The molecule has 0 radical (unpaired) electrons. The number of rotatable bonds is 2. The van der Waals surface area contributed by atoms with Crippen LogP contribution in [-0.4, -0.2) is 34.2 Å². The van der Waals surface area contributed by atoms with Crippen molar-refractivity contribution in [1.82, 2.24) is 4.90 Å². The van der Waals surface area contributed by atoms with Gasteiger partial charge in [-0.05, 0) is 43.9 Å². The maximum absolute atomic E-state index is 12.1. The summed E-state index contributed by atoms with van der Waals surface area (Å²) in [7, 11) is 0. The van der Waals surface area contributed by atoms with Gasteiger partial charge in [-0.25, -0.2) is 4.79 Å². The summed E-state index contributed by atoms with van der Waals surface area (Å²) in [5.41, 5.74) is 2.30. The Morgan fingerprint density at radius 2 is 2.05 bits per heavy atom. The van der Waals surface area contributed by atoms with Crippen molar-refractivity contribution in [1.29, 1.82) is 0 Å². The number of carbonyl (C=O) groups excluding carboxylic acids is 1. The minimum Gasteiger partial charge on any atom is -0.481 e. The standard InChI is InChI=1S/C16H21NO4/c1-16(2,3)21-15(20)17-8-7-11-5-4-6-12(9-14(18)19)13(11)10-17/h4-6H,7-10H2,1-3H3,(H,18,19). The molecule has 114 valence electrons. The van der Waals surface area contributed by atoms with Gasteiger partial charge in [-0.15, -0.1) is 0 Å². The summed E-state index contributed by atoms with van der Waals surface area (Å²) in [5.74, 6) is -0.863. The Labute approximate surface area is 124 Å². The second-order valence-electron chi connectivity index (χ2n) is 6.28. The van der Waals surface area contributed by atoms with Crippen LogP contribution in [0.2, 0.25) is 0 Å². The van der Waals surface area contributed by atoms with Gasteiger partial charge in [0.2, 0.25) is 0 Å². The molecule has 0 fully saturated rings. The normalized spacial score (nSPS) is 14.5. The van der Waals surface area contributed by atoms with Gasteiger partial charge in [0.15, 0.2) is 0 Å². The Bertz CT molecular complexity index is 560. The fraction of sp³-hybridized carbons (Fsp3) is 0.500. The van der Waals surface area contributed by atoms with E-state index >= 15 is 0 Å². The van der Waals surface area contributed by atoms with E-state index in [2.05, 4.69) is 0 Å². The molecule has 5 heteroatoms. The summed E-state index contributed by atoms with van der Waals surface area (Å²) in [5, 5.41) is 8.99. The van der Waals surface area contributed by atoms with Crippen molar-refractivity contribution in [2.24, 2.45) is 0 Å². The fourth-order valence-electron chi connectivity index (χ4n) is 2.46. The molecule has 1 aromatic carbocycles. The van der Waals surface area contributed by atoms with Crippen LogP contribution in [0.4, 0.5) is 4.79 Å². The number of carboxylic acids is 1. The molecule has 2 rings (SSSR count). The molecule has 1 aliphatic heterocycles. The van der Waals surface area contributed by atoms with Crippen molar-refractivity contribution in [3.63, 3.8) is 0 Å². The van der Waals surface area contributed by atoms with Crippen LogP contribution in [0.5, 0.6) is 0 Å². The van der Waals surface area contributed by atoms with Gasteiger partial charge in [0.1, 0.15) is 5.60 Å². The minimum absolute atomic E-state index is 0.0225. The lowest BCUT2D eigenvalue weighted by Gasteiger charge is -2.32. The maximum atomic E-state index is 12.1. The zero-order valence-electron chi connectivity index (χ0n) is 12.7. The fourth-order valence-corrected chi connectivity index (χ4v) is 2.46. The number of aliphatic carboxylic acids is 1. The lowest BCUT2D eigenvalue weighted by atomic mass is 9.93. The largest absolute Gasteiger partial charge is 0.481 e. The molecule has 0 saturated heterocycles. The molecule has 21 heavy (non-hydrogen) atoms. The first-order valence-electron chi connectivity index (χ1n) is 7.05. The molecule has 0 unspecified atom stereocenters. The minimum atomic E-state index is -0.863. The topological polar surface area (TPSA) is 66.8 Å². The van der Waals surface area contributed by atoms with E-state index in [1.165, 1.54) is 0 Å². The molecular formula is C16H21NO4. The van der Waals surface area contributed by atoms with Gasteiger partial charge in [-0.2, -0.15) is 0 Å². The number of hydrogen-bond donors (Lipinski definition) is 1. The molecule has 1 aliphatic rings. The number of fused-ring (bicyclic) bond motifs is 1. The number of hydrogen-bond acceptors (Lipinski definition) is 3. The average molecular weight is 291 g/mol. The summed E-state index contributed by atoms with van der Waals surface area (Å²) < 4.78 is 5.38. The van der Waals surface area contributed by atoms with E-state index in [4.69, 9.17) is 9.84 Å². The Balaban J connectivity index is 2.19. The highest BCUT2D eigenvalue weighted by Crippen LogP contribution is 2.24. The Kier molecular flexibility index (Phi) is 4.21. The van der Waals surface area contributed by atoms with Crippen molar-refractivity contribution in [2.75, 3.05) is 6.54 Å². The molecule has 0 aliphatic carbocycles. The third-order valence-corrected chi connectivity index (χ3v) is 3.36. The van der Waals surface area contributed by atoms with Crippen molar-refractivity contribution in [3.05, 3.63) is 34.9 Å². The number of carboxylic acid groups (broad SMARTS) is 1.